The van der Waals surface area contributed by atoms with Gasteiger partial charge in [0.05, 0.1) is 23.7 Å². The lowest BCUT2D eigenvalue weighted by Crippen LogP contribution is -2.29. The molecule has 0 unspecified atom stereocenters. The second kappa shape index (κ2) is 5.18. The minimum Gasteiger partial charge on any atom is -0.395 e. The van der Waals surface area contributed by atoms with Gasteiger partial charge in [0.15, 0.2) is 0 Å². The molecule has 7 heteroatoms. The van der Waals surface area contributed by atoms with Crippen LogP contribution < -0.4 is 10.2 Å². The van der Waals surface area contributed by atoms with Crippen LogP contribution in [0.5, 0.6) is 0 Å². The number of nitrogens with zero attached hydrogens (tertiary/aromatic N) is 3. The van der Waals surface area contributed by atoms with Crippen LogP contribution in [0, 0.1) is 10.1 Å². The van der Waals surface area contributed by atoms with Crippen LogP contribution in [0.25, 0.3) is 0 Å². The summed E-state index contributed by atoms with van der Waals surface area (Å²) >= 11 is 0. The summed E-state index contributed by atoms with van der Waals surface area (Å²) in [5.74, 6) is 1.01. The minimum absolute atomic E-state index is 0.00735. The highest BCUT2D eigenvalue weighted by molar-refractivity contribution is 5.56. The molecule has 1 fully saturated rings. The molecule has 1 aliphatic carbocycles. The van der Waals surface area contributed by atoms with Crippen molar-refractivity contribution >= 4 is 17.3 Å². The largest absolute Gasteiger partial charge is 0.395 e. The fourth-order valence-electron chi connectivity index (χ4n) is 1.86. The number of hydrogen-bond acceptors (Lipinski definition) is 6. The maximum absolute atomic E-state index is 10.9. The highest BCUT2D eigenvalue weighted by Gasteiger charge is 2.30. The first-order valence-corrected chi connectivity index (χ1v) is 5.87. The second-order valence-corrected chi connectivity index (χ2v) is 4.22. The van der Waals surface area contributed by atoms with E-state index in [9.17, 15) is 10.1 Å². The van der Waals surface area contributed by atoms with E-state index in [2.05, 4.69) is 10.3 Å². The van der Waals surface area contributed by atoms with Crippen molar-refractivity contribution in [3.63, 3.8) is 0 Å². The van der Waals surface area contributed by atoms with Crippen molar-refractivity contribution in [2.75, 3.05) is 30.4 Å². The lowest BCUT2D eigenvalue weighted by molar-refractivity contribution is -0.384. The summed E-state index contributed by atoms with van der Waals surface area (Å²) in [6, 6.07) is 3.19. The summed E-state index contributed by atoms with van der Waals surface area (Å²) in [5.41, 5.74) is 0.00735. The van der Waals surface area contributed by atoms with E-state index in [1.54, 1.807) is 7.05 Å². The molecule has 1 aromatic heterocycles. The average molecular weight is 252 g/mol. The topological polar surface area (TPSA) is 91.5 Å². The monoisotopic (exact) mass is 252 g/mol. The van der Waals surface area contributed by atoms with Gasteiger partial charge in [-0.25, -0.2) is 4.98 Å². The molecule has 0 saturated heterocycles. The van der Waals surface area contributed by atoms with Gasteiger partial charge in [0.2, 0.25) is 0 Å². The third-order valence-electron chi connectivity index (χ3n) is 2.89. The molecule has 0 spiro atoms. The smallest absolute Gasteiger partial charge is 0.276 e. The molecule has 1 saturated carbocycles. The normalized spacial score (nSPS) is 14.3. The predicted octanol–water partition coefficient (Wildman–Crippen LogP) is 0.993. The maximum Gasteiger partial charge on any atom is 0.276 e. The van der Waals surface area contributed by atoms with E-state index in [1.807, 2.05) is 4.90 Å². The highest BCUT2D eigenvalue weighted by atomic mass is 16.6. The van der Waals surface area contributed by atoms with Crippen molar-refractivity contribution in [1.29, 1.82) is 0 Å². The van der Waals surface area contributed by atoms with E-state index in [0.29, 0.717) is 24.2 Å². The molecule has 7 nitrogen and oxygen atoms in total. The van der Waals surface area contributed by atoms with E-state index in [-0.39, 0.29) is 12.3 Å². The van der Waals surface area contributed by atoms with Crippen LogP contribution in [0.4, 0.5) is 17.3 Å². The zero-order valence-electron chi connectivity index (χ0n) is 10.2. The number of aliphatic hydroxyl groups is 1. The third-order valence-corrected chi connectivity index (χ3v) is 2.89. The SMILES string of the molecule is CNc1cc([N+](=O)[O-])cc(N(CCO)C2CC2)n1. The number of nitrogens with one attached hydrogen (secondary N) is 1. The number of pyridine rings is 1. The molecular weight excluding hydrogens is 236 g/mol. The minimum atomic E-state index is -0.434. The Kier molecular flexibility index (Phi) is 3.61. The zero-order chi connectivity index (χ0) is 13.1. The van der Waals surface area contributed by atoms with E-state index >= 15 is 0 Å². The lowest BCUT2D eigenvalue weighted by Gasteiger charge is -2.22. The Morgan fingerprint density at radius 2 is 2.33 bits per heavy atom. The van der Waals surface area contributed by atoms with Crippen molar-refractivity contribution in [3.8, 4) is 0 Å². The number of anilines is 2. The van der Waals surface area contributed by atoms with E-state index < -0.39 is 4.92 Å². The van der Waals surface area contributed by atoms with Gasteiger partial charge in [-0.2, -0.15) is 0 Å². The molecule has 98 valence electrons. The molecule has 0 bridgehead atoms. The molecule has 0 aliphatic heterocycles. The van der Waals surface area contributed by atoms with Gasteiger partial charge in [-0.3, -0.25) is 10.1 Å². The summed E-state index contributed by atoms with van der Waals surface area (Å²) < 4.78 is 0. The van der Waals surface area contributed by atoms with Crippen LogP contribution in [0.2, 0.25) is 0 Å². The van der Waals surface area contributed by atoms with Crippen molar-refractivity contribution in [3.05, 3.63) is 22.2 Å². The molecular formula is C11H16N4O3. The summed E-state index contributed by atoms with van der Waals surface area (Å²) in [4.78, 5) is 16.7. The fraction of sp³-hybridized carbons (Fsp3) is 0.545. The van der Waals surface area contributed by atoms with Crippen LogP contribution in [0.15, 0.2) is 12.1 Å². The van der Waals surface area contributed by atoms with Crippen molar-refractivity contribution in [2.45, 2.75) is 18.9 Å². The van der Waals surface area contributed by atoms with E-state index in [0.717, 1.165) is 12.8 Å². The molecule has 18 heavy (non-hydrogen) atoms. The average Bonchev–Trinajstić information content (AvgIpc) is 3.19. The number of hydrogen-bond donors (Lipinski definition) is 2. The van der Waals surface area contributed by atoms with Crippen LogP contribution in [-0.2, 0) is 0 Å². The third kappa shape index (κ3) is 2.67. The Balaban J connectivity index is 2.34. The fourth-order valence-corrected chi connectivity index (χ4v) is 1.86. The first-order chi connectivity index (χ1) is 8.65. The lowest BCUT2D eigenvalue weighted by atomic mass is 10.3. The molecule has 1 aromatic rings. The van der Waals surface area contributed by atoms with E-state index in [1.165, 1.54) is 12.1 Å². The van der Waals surface area contributed by atoms with Crippen LogP contribution >= 0.6 is 0 Å². The molecule has 1 aliphatic rings. The highest BCUT2D eigenvalue weighted by Crippen LogP contribution is 2.32. The Labute approximate surface area is 105 Å². The van der Waals surface area contributed by atoms with Gasteiger partial charge in [-0.15, -0.1) is 0 Å². The summed E-state index contributed by atoms with van der Waals surface area (Å²) in [6.07, 6.45) is 2.08. The Bertz CT molecular complexity index is 448. The van der Waals surface area contributed by atoms with Gasteiger partial charge >= 0.3 is 0 Å². The van der Waals surface area contributed by atoms with Crippen molar-refractivity contribution in [2.24, 2.45) is 0 Å². The maximum atomic E-state index is 10.9. The van der Waals surface area contributed by atoms with Gasteiger partial charge in [0.1, 0.15) is 11.6 Å². The molecule has 2 N–H and O–H groups in total. The Hall–Kier alpha value is -1.89. The molecule has 0 amide bonds. The molecule has 0 atom stereocenters. The van der Waals surface area contributed by atoms with Gasteiger partial charge in [0.25, 0.3) is 5.69 Å². The first-order valence-electron chi connectivity index (χ1n) is 5.87. The Morgan fingerprint density at radius 1 is 1.61 bits per heavy atom. The van der Waals surface area contributed by atoms with Crippen LogP contribution in [-0.4, -0.2) is 41.3 Å². The number of aromatic nitrogens is 1. The van der Waals surface area contributed by atoms with Crippen LogP contribution in [0.1, 0.15) is 12.8 Å². The quantitative estimate of drug-likeness (QED) is 0.579. The standard InChI is InChI=1S/C11H16N4O3/c1-12-10-6-9(15(17)18)7-11(13-10)14(4-5-16)8-2-3-8/h6-8,16H,2-5H2,1H3,(H,12,13). The number of rotatable bonds is 6. The van der Waals surface area contributed by atoms with Crippen molar-refractivity contribution < 1.29 is 10.0 Å². The van der Waals surface area contributed by atoms with Gasteiger partial charge in [-0.05, 0) is 12.8 Å². The van der Waals surface area contributed by atoms with E-state index in [4.69, 9.17) is 5.11 Å². The van der Waals surface area contributed by atoms with Gasteiger partial charge < -0.3 is 15.3 Å². The van der Waals surface area contributed by atoms with Crippen molar-refractivity contribution in [1.82, 2.24) is 4.98 Å². The molecule has 0 radical (unpaired) electrons. The summed E-state index contributed by atoms with van der Waals surface area (Å²) in [6.45, 7) is 0.456. The molecule has 2 rings (SSSR count). The zero-order valence-corrected chi connectivity index (χ0v) is 10.2. The van der Waals surface area contributed by atoms with Gasteiger partial charge in [-0.1, -0.05) is 0 Å². The Morgan fingerprint density at radius 3 is 2.83 bits per heavy atom. The summed E-state index contributed by atoms with van der Waals surface area (Å²) in [5, 5.41) is 22.7. The molecule has 1 heterocycles. The summed E-state index contributed by atoms with van der Waals surface area (Å²) in [7, 11) is 1.67. The predicted molar refractivity (Wildman–Crippen MR) is 67.9 cm³/mol. The van der Waals surface area contributed by atoms with Crippen LogP contribution in [0.3, 0.4) is 0 Å². The first kappa shape index (κ1) is 12.6. The van der Waals surface area contributed by atoms with Gasteiger partial charge in [0, 0.05) is 19.6 Å². The molecule has 0 aromatic carbocycles. The second-order valence-electron chi connectivity index (χ2n) is 4.22. The number of aliphatic hydroxyl groups excluding tert-OH is 1. The number of nitro groups is 1.